The Hall–Kier alpha value is -1.88. The molecule has 5 heteroatoms. The Morgan fingerprint density at radius 2 is 2.13 bits per heavy atom. The predicted octanol–water partition coefficient (Wildman–Crippen LogP) is 3.43. The molecule has 1 aromatic heterocycles. The topological polar surface area (TPSA) is 47.3 Å². The van der Waals surface area contributed by atoms with E-state index in [9.17, 15) is 5.11 Å². The van der Waals surface area contributed by atoms with Gasteiger partial charge in [-0.15, -0.1) is 0 Å². The van der Waals surface area contributed by atoms with Crippen molar-refractivity contribution in [1.29, 1.82) is 0 Å². The van der Waals surface area contributed by atoms with Crippen LogP contribution in [0.3, 0.4) is 0 Å². The molecular weight excluding hydrogens is 312 g/mol. The third kappa shape index (κ3) is 2.53. The molecular formula is C18H17ClN2O2. The van der Waals surface area contributed by atoms with Gasteiger partial charge in [-0.25, -0.2) is 4.98 Å². The lowest BCUT2D eigenvalue weighted by molar-refractivity contribution is -0.184. The Bertz CT molecular complexity index is 884. The minimum Gasteiger partial charge on any atom is -0.383 e. The fourth-order valence-corrected chi connectivity index (χ4v) is 3.19. The quantitative estimate of drug-likeness (QED) is 0.801. The largest absolute Gasteiger partial charge is 0.383 e. The van der Waals surface area contributed by atoms with Gasteiger partial charge in [0.15, 0.2) is 0 Å². The summed E-state index contributed by atoms with van der Waals surface area (Å²) in [5.41, 5.74) is 4.40. The smallest absolute Gasteiger partial charge is 0.129 e. The summed E-state index contributed by atoms with van der Waals surface area (Å²) in [6.45, 7) is 3.26. The summed E-state index contributed by atoms with van der Waals surface area (Å²) >= 11 is 6.24. The zero-order chi connectivity index (χ0) is 16.0. The van der Waals surface area contributed by atoms with Gasteiger partial charge in [0, 0.05) is 5.02 Å². The highest BCUT2D eigenvalue weighted by molar-refractivity contribution is 6.31. The summed E-state index contributed by atoms with van der Waals surface area (Å²) in [4.78, 5) is 4.42. The van der Waals surface area contributed by atoms with Crippen LogP contribution < -0.4 is 0 Å². The minimum atomic E-state index is -0.782. The van der Waals surface area contributed by atoms with E-state index in [1.807, 2.05) is 29.7 Å². The molecule has 1 fully saturated rings. The molecule has 4 nitrogen and oxygen atoms in total. The lowest BCUT2D eigenvalue weighted by Gasteiger charge is -2.36. The maximum absolute atomic E-state index is 10.3. The molecule has 0 atom stereocenters. The molecule has 0 radical (unpaired) electrons. The van der Waals surface area contributed by atoms with Gasteiger partial charge >= 0.3 is 0 Å². The average Bonchev–Trinajstić information content (AvgIpc) is 2.91. The number of nitrogens with zero attached hydrogens (tertiary/aromatic N) is 2. The van der Waals surface area contributed by atoms with E-state index < -0.39 is 5.60 Å². The molecule has 23 heavy (non-hydrogen) atoms. The molecule has 0 saturated carbocycles. The molecule has 2 aromatic carbocycles. The number of fused-ring (bicyclic) bond motifs is 1. The SMILES string of the molecule is Cc1c(Cl)cccc1-c1ccc2ncn(CC3(O)COC3)c2c1. The van der Waals surface area contributed by atoms with E-state index in [0.29, 0.717) is 19.8 Å². The van der Waals surface area contributed by atoms with Crippen molar-refractivity contribution in [2.24, 2.45) is 0 Å². The highest BCUT2D eigenvalue weighted by Gasteiger charge is 2.36. The Balaban J connectivity index is 1.79. The normalized spacial score (nSPS) is 16.5. The van der Waals surface area contributed by atoms with Crippen LogP contribution in [0.5, 0.6) is 0 Å². The van der Waals surface area contributed by atoms with Crippen LogP contribution in [-0.2, 0) is 11.3 Å². The van der Waals surface area contributed by atoms with Crippen LogP contribution in [0.4, 0.5) is 0 Å². The van der Waals surface area contributed by atoms with Gasteiger partial charge in [0.1, 0.15) is 5.60 Å². The van der Waals surface area contributed by atoms with Crippen LogP contribution in [0.2, 0.25) is 5.02 Å². The van der Waals surface area contributed by atoms with Crippen molar-refractivity contribution in [3.63, 3.8) is 0 Å². The maximum Gasteiger partial charge on any atom is 0.129 e. The number of ether oxygens (including phenoxy) is 1. The van der Waals surface area contributed by atoms with E-state index in [1.54, 1.807) is 6.33 Å². The molecule has 2 heterocycles. The number of aliphatic hydroxyl groups is 1. The Labute approximate surface area is 139 Å². The van der Waals surface area contributed by atoms with Gasteiger partial charge in [0.25, 0.3) is 0 Å². The first kappa shape index (κ1) is 14.7. The standard InChI is InChI=1S/C18H17ClN2O2/c1-12-14(3-2-4-15(12)19)13-5-6-16-17(7-13)21(11-20-16)8-18(22)9-23-10-18/h2-7,11,22H,8-10H2,1H3. The van der Waals surface area contributed by atoms with E-state index >= 15 is 0 Å². The number of rotatable bonds is 3. The fourth-order valence-electron chi connectivity index (χ4n) is 3.02. The molecule has 1 saturated heterocycles. The van der Waals surface area contributed by atoms with Gasteiger partial charge in [0.2, 0.25) is 0 Å². The summed E-state index contributed by atoms with van der Waals surface area (Å²) in [6.07, 6.45) is 1.77. The van der Waals surface area contributed by atoms with Crippen molar-refractivity contribution in [3.8, 4) is 11.1 Å². The minimum absolute atomic E-state index is 0.375. The van der Waals surface area contributed by atoms with Crippen LogP contribution in [0.1, 0.15) is 5.56 Å². The highest BCUT2D eigenvalue weighted by atomic mass is 35.5. The molecule has 0 amide bonds. The lowest BCUT2D eigenvalue weighted by Crippen LogP contribution is -2.52. The Kier molecular flexibility index (Phi) is 3.41. The number of hydrogen-bond donors (Lipinski definition) is 1. The van der Waals surface area contributed by atoms with Crippen molar-refractivity contribution in [2.45, 2.75) is 19.1 Å². The second-order valence-electron chi connectivity index (χ2n) is 6.21. The van der Waals surface area contributed by atoms with E-state index in [4.69, 9.17) is 16.3 Å². The summed E-state index contributed by atoms with van der Waals surface area (Å²) in [5, 5.41) is 11.1. The second kappa shape index (κ2) is 5.34. The fraction of sp³-hybridized carbons (Fsp3) is 0.278. The third-order valence-corrected chi connectivity index (χ3v) is 4.82. The van der Waals surface area contributed by atoms with Gasteiger partial charge < -0.3 is 14.4 Å². The van der Waals surface area contributed by atoms with Gasteiger partial charge in [-0.3, -0.25) is 0 Å². The van der Waals surface area contributed by atoms with Crippen molar-refractivity contribution in [1.82, 2.24) is 9.55 Å². The summed E-state index contributed by atoms with van der Waals surface area (Å²) in [7, 11) is 0. The molecule has 3 aromatic rings. The molecule has 4 rings (SSSR count). The van der Waals surface area contributed by atoms with Gasteiger partial charge in [-0.05, 0) is 41.8 Å². The lowest BCUT2D eigenvalue weighted by atomic mass is 9.99. The van der Waals surface area contributed by atoms with Crippen molar-refractivity contribution >= 4 is 22.6 Å². The van der Waals surface area contributed by atoms with Crippen LogP contribution in [0, 0.1) is 6.92 Å². The zero-order valence-electron chi connectivity index (χ0n) is 12.8. The third-order valence-electron chi connectivity index (χ3n) is 4.41. The van der Waals surface area contributed by atoms with E-state index in [0.717, 1.165) is 32.7 Å². The first-order valence-electron chi connectivity index (χ1n) is 7.56. The van der Waals surface area contributed by atoms with E-state index in [-0.39, 0.29) is 0 Å². The molecule has 0 spiro atoms. The monoisotopic (exact) mass is 328 g/mol. The van der Waals surface area contributed by atoms with E-state index in [1.165, 1.54) is 0 Å². The molecule has 1 aliphatic heterocycles. The average molecular weight is 329 g/mol. The van der Waals surface area contributed by atoms with Gasteiger partial charge in [-0.1, -0.05) is 29.8 Å². The number of halogens is 1. The predicted molar refractivity (Wildman–Crippen MR) is 90.7 cm³/mol. The summed E-state index contributed by atoms with van der Waals surface area (Å²) in [5.74, 6) is 0. The Morgan fingerprint density at radius 1 is 1.30 bits per heavy atom. The molecule has 1 aliphatic rings. The molecule has 118 valence electrons. The van der Waals surface area contributed by atoms with Crippen LogP contribution >= 0.6 is 11.6 Å². The van der Waals surface area contributed by atoms with Crippen molar-refractivity contribution in [3.05, 3.63) is 53.3 Å². The van der Waals surface area contributed by atoms with Gasteiger partial charge in [-0.2, -0.15) is 0 Å². The highest BCUT2D eigenvalue weighted by Crippen LogP contribution is 2.31. The second-order valence-corrected chi connectivity index (χ2v) is 6.61. The number of benzene rings is 2. The van der Waals surface area contributed by atoms with E-state index in [2.05, 4.69) is 23.2 Å². The van der Waals surface area contributed by atoms with Crippen LogP contribution in [0.15, 0.2) is 42.7 Å². The first-order valence-corrected chi connectivity index (χ1v) is 7.94. The number of hydrogen-bond acceptors (Lipinski definition) is 3. The molecule has 0 bridgehead atoms. The maximum atomic E-state index is 10.3. The number of aromatic nitrogens is 2. The van der Waals surface area contributed by atoms with Gasteiger partial charge in [0.05, 0.1) is 37.1 Å². The van der Waals surface area contributed by atoms with Crippen LogP contribution in [0.25, 0.3) is 22.2 Å². The summed E-state index contributed by atoms with van der Waals surface area (Å²) in [6, 6.07) is 12.1. The summed E-state index contributed by atoms with van der Waals surface area (Å²) < 4.78 is 7.11. The van der Waals surface area contributed by atoms with Crippen molar-refractivity contribution < 1.29 is 9.84 Å². The first-order chi connectivity index (χ1) is 11.1. The zero-order valence-corrected chi connectivity index (χ0v) is 13.5. The molecule has 1 N–H and O–H groups in total. The number of imidazole rings is 1. The molecule has 0 unspecified atom stereocenters. The van der Waals surface area contributed by atoms with Crippen LogP contribution in [-0.4, -0.2) is 33.5 Å². The Morgan fingerprint density at radius 3 is 2.87 bits per heavy atom. The van der Waals surface area contributed by atoms with Crippen molar-refractivity contribution in [2.75, 3.05) is 13.2 Å². The molecule has 0 aliphatic carbocycles.